The Morgan fingerprint density at radius 3 is 2.75 bits per heavy atom. The van der Waals surface area contributed by atoms with Crippen LogP contribution in [0.3, 0.4) is 0 Å². The van der Waals surface area contributed by atoms with Crippen molar-refractivity contribution in [1.29, 1.82) is 0 Å². The van der Waals surface area contributed by atoms with Gasteiger partial charge in [-0.2, -0.15) is 23.1 Å². The molecule has 1 aromatic carbocycles. The lowest BCUT2D eigenvalue weighted by atomic mass is 10.0. The van der Waals surface area contributed by atoms with Crippen molar-refractivity contribution in [3.05, 3.63) is 41.3 Å². The van der Waals surface area contributed by atoms with E-state index >= 15 is 0 Å². The maximum atomic E-state index is 12.3. The fourth-order valence-corrected chi connectivity index (χ4v) is 2.72. The van der Waals surface area contributed by atoms with Gasteiger partial charge in [0.25, 0.3) is 5.91 Å². The number of H-pyrrole nitrogens is 1. The van der Waals surface area contributed by atoms with Gasteiger partial charge < -0.3 is 19.8 Å². The molecule has 1 amide bonds. The highest BCUT2D eigenvalue weighted by Crippen LogP contribution is 2.31. The Labute approximate surface area is 157 Å². The van der Waals surface area contributed by atoms with E-state index in [0.29, 0.717) is 34.4 Å². The molecule has 0 bridgehead atoms. The number of aromatic hydroxyl groups is 1. The number of aryl methyl sites for hydroxylation is 1. The van der Waals surface area contributed by atoms with Crippen LogP contribution in [0.4, 0.5) is 19.2 Å². The third kappa shape index (κ3) is 4.16. The molecule has 0 fully saturated rings. The van der Waals surface area contributed by atoms with E-state index in [1.54, 1.807) is 6.92 Å². The average Bonchev–Trinajstić information content (AvgIpc) is 3.18. The molecule has 2 aromatic heterocycles. The quantitative estimate of drug-likeness (QED) is 0.569. The fraction of sp³-hybridized carbons (Fsp3) is 0.278. The van der Waals surface area contributed by atoms with Gasteiger partial charge in [-0.05, 0) is 31.5 Å². The Morgan fingerprint density at radius 2 is 2.14 bits per heavy atom. The van der Waals surface area contributed by atoms with Gasteiger partial charge in [-0.15, -0.1) is 0 Å². The van der Waals surface area contributed by atoms with Crippen LogP contribution in [-0.4, -0.2) is 39.4 Å². The summed E-state index contributed by atoms with van der Waals surface area (Å²) in [5.41, 5.74) is 1.31. The van der Waals surface area contributed by atoms with Crippen molar-refractivity contribution >= 4 is 28.5 Å². The van der Waals surface area contributed by atoms with Crippen LogP contribution in [0, 0.1) is 6.92 Å². The van der Waals surface area contributed by atoms with Crippen molar-refractivity contribution in [2.24, 2.45) is 4.99 Å². The van der Waals surface area contributed by atoms with Crippen LogP contribution in [0.25, 0.3) is 10.9 Å². The number of hydrogen-bond acceptors (Lipinski definition) is 5. The highest BCUT2D eigenvalue weighted by Gasteiger charge is 2.28. The standard InChI is InChI=1S/C18H17F3N4O3/c1-3-12(25-17-22-7-9(2)28-17)14-11-6-10(4-5-13(11)24-16(14)27)15(26)23-8-18(19,20)21/h4-7,24,27H,3,8H2,1-2H3,(H,23,26)/b25-12+. The van der Waals surface area contributed by atoms with E-state index in [2.05, 4.69) is 15.0 Å². The molecule has 7 nitrogen and oxygen atoms in total. The largest absolute Gasteiger partial charge is 0.494 e. The first-order valence-corrected chi connectivity index (χ1v) is 8.38. The molecule has 28 heavy (non-hydrogen) atoms. The zero-order chi connectivity index (χ0) is 20.5. The summed E-state index contributed by atoms with van der Waals surface area (Å²) in [5, 5.41) is 12.6. The molecule has 0 aliphatic carbocycles. The molecule has 2 heterocycles. The fourth-order valence-electron chi connectivity index (χ4n) is 2.72. The molecule has 0 unspecified atom stereocenters. The molecular weight excluding hydrogens is 377 g/mol. The number of carbonyl (C=O) groups excluding carboxylic acids is 1. The summed E-state index contributed by atoms with van der Waals surface area (Å²) in [6.45, 7) is 2.10. The Kier molecular flexibility index (Phi) is 5.12. The predicted molar refractivity (Wildman–Crippen MR) is 96.1 cm³/mol. The number of nitrogens with zero attached hydrogens (tertiary/aromatic N) is 2. The highest BCUT2D eigenvalue weighted by atomic mass is 19.4. The molecule has 3 aromatic rings. The number of benzene rings is 1. The molecule has 10 heteroatoms. The second-order valence-electron chi connectivity index (χ2n) is 6.07. The number of halogens is 3. The minimum atomic E-state index is -4.51. The Balaban J connectivity index is 2.01. The number of oxazole rings is 1. The van der Waals surface area contributed by atoms with Crippen LogP contribution in [0.1, 0.15) is 35.0 Å². The normalized spacial score (nSPS) is 12.5. The second kappa shape index (κ2) is 7.37. The maximum Gasteiger partial charge on any atom is 0.405 e. The van der Waals surface area contributed by atoms with E-state index in [-0.39, 0.29) is 17.5 Å². The number of rotatable bonds is 5. The van der Waals surface area contributed by atoms with Gasteiger partial charge in [0, 0.05) is 16.5 Å². The molecule has 0 saturated carbocycles. The van der Waals surface area contributed by atoms with Crippen LogP contribution in [-0.2, 0) is 0 Å². The van der Waals surface area contributed by atoms with Gasteiger partial charge in [-0.1, -0.05) is 6.92 Å². The minimum absolute atomic E-state index is 0.0272. The van der Waals surface area contributed by atoms with Crippen molar-refractivity contribution in [3.63, 3.8) is 0 Å². The lowest BCUT2D eigenvalue weighted by molar-refractivity contribution is -0.123. The molecule has 0 atom stereocenters. The van der Waals surface area contributed by atoms with Gasteiger partial charge in [-0.3, -0.25) is 4.79 Å². The van der Waals surface area contributed by atoms with Crippen molar-refractivity contribution in [3.8, 4) is 5.88 Å². The number of amides is 1. The van der Waals surface area contributed by atoms with E-state index in [4.69, 9.17) is 4.42 Å². The molecule has 0 saturated heterocycles. The lowest BCUT2D eigenvalue weighted by Crippen LogP contribution is -2.33. The van der Waals surface area contributed by atoms with Gasteiger partial charge in [0.05, 0.1) is 17.5 Å². The number of alkyl halides is 3. The third-order valence-electron chi connectivity index (χ3n) is 3.95. The molecule has 0 aliphatic heterocycles. The third-order valence-corrected chi connectivity index (χ3v) is 3.95. The zero-order valence-corrected chi connectivity index (χ0v) is 15.0. The summed E-state index contributed by atoms with van der Waals surface area (Å²) in [6.07, 6.45) is -2.59. The summed E-state index contributed by atoms with van der Waals surface area (Å²) in [5.74, 6) is -0.475. The van der Waals surface area contributed by atoms with E-state index in [9.17, 15) is 23.1 Å². The monoisotopic (exact) mass is 394 g/mol. The molecular formula is C18H17F3N4O3. The lowest BCUT2D eigenvalue weighted by Gasteiger charge is -2.08. The number of aromatic nitrogens is 2. The molecule has 0 radical (unpaired) electrons. The number of nitrogens with one attached hydrogen (secondary N) is 2. The highest BCUT2D eigenvalue weighted by molar-refractivity contribution is 6.14. The Bertz CT molecular complexity index is 1050. The smallest absolute Gasteiger partial charge is 0.405 e. The SMILES string of the molecule is CC/C(=N\c1ncc(C)o1)c1c(O)[nH]c2ccc(C(=O)NCC(F)(F)F)cc12. The molecule has 148 valence electrons. The van der Waals surface area contributed by atoms with E-state index in [1.165, 1.54) is 24.4 Å². The van der Waals surface area contributed by atoms with Gasteiger partial charge in [-0.25, -0.2) is 0 Å². The molecule has 3 rings (SSSR count). The predicted octanol–water partition coefficient (Wildman–Crippen LogP) is 3.99. The maximum absolute atomic E-state index is 12.3. The van der Waals surface area contributed by atoms with Crippen molar-refractivity contribution in [2.75, 3.05) is 6.54 Å². The minimum Gasteiger partial charge on any atom is -0.494 e. The van der Waals surface area contributed by atoms with E-state index in [0.717, 1.165) is 0 Å². The second-order valence-corrected chi connectivity index (χ2v) is 6.07. The van der Waals surface area contributed by atoms with Crippen LogP contribution >= 0.6 is 0 Å². The summed E-state index contributed by atoms with van der Waals surface area (Å²) in [4.78, 5) is 23.1. The Morgan fingerprint density at radius 1 is 1.39 bits per heavy atom. The van der Waals surface area contributed by atoms with Crippen LogP contribution in [0.2, 0.25) is 0 Å². The summed E-state index contributed by atoms with van der Waals surface area (Å²) >= 11 is 0. The number of aliphatic imine (C=N–C) groups is 1. The van der Waals surface area contributed by atoms with Crippen LogP contribution < -0.4 is 5.32 Å². The number of fused-ring (bicyclic) bond motifs is 1. The first kappa shape index (κ1) is 19.5. The van der Waals surface area contributed by atoms with Gasteiger partial charge >= 0.3 is 12.2 Å². The molecule has 0 spiro atoms. The molecule has 0 aliphatic rings. The van der Waals surface area contributed by atoms with Crippen molar-refractivity contribution in [2.45, 2.75) is 26.4 Å². The summed E-state index contributed by atoms with van der Waals surface area (Å²) in [6, 6.07) is 4.39. The number of aromatic amines is 1. The van der Waals surface area contributed by atoms with Crippen LogP contribution in [0.5, 0.6) is 5.88 Å². The first-order chi connectivity index (χ1) is 13.2. The topological polar surface area (TPSA) is 104 Å². The average molecular weight is 394 g/mol. The van der Waals surface area contributed by atoms with Gasteiger partial charge in [0.15, 0.2) is 5.88 Å². The molecule has 3 N–H and O–H groups in total. The van der Waals surface area contributed by atoms with Crippen molar-refractivity contribution < 1.29 is 27.5 Å². The zero-order valence-electron chi connectivity index (χ0n) is 15.0. The van der Waals surface area contributed by atoms with Crippen LogP contribution in [0.15, 0.2) is 33.8 Å². The van der Waals surface area contributed by atoms with E-state index < -0.39 is 18.6 Å². The first-order valence-electron chi connectivity index (χ1n) is 8.38. The van der Waals surface area contributed by atoms with Gasteiger partial charge in [0.2, 0.25) is 0 Å². The number of carbonyl (C=O) groups is 1. The van der Waals surface area contributed by atoms with Gasteiger partial charge in [0.1, 0.15) is 12.3 Å². The number of hydrogen-bond donors (Lipinski definition) is 3. The Hall–Kier alpha value is -3.30. The summed E-state index contributed by atoms with van der Waals surface area (Å²) < 4.78 is 42.3. The summed E-state index contributed by atoms with van der Waals surface area (Å²) in [7, 11) is 0. The van der Waals surface area contributed by atoms with Crippen molar-refractivity contribution in [1.82, 2.24) is 15.3 Å². The van der Waals surface area contributed by atoms with E-state index in [1.807, 2.05) is 12.2 Å².